The molecular weight excluding hydrogens is 1960 g/mol. The van der Waals surface area contributed by atoms with Crippen molar-refractivity contribution in [3.8, 4) is 0 Å². The molecule has 8 rings (SSSR count). The number of aliphatic hydroxyl groups is 5. The van der Waals surface area contributed by atoms with Gasteiger partial charge >= 0.3 is 40.0 Å². The van der Waals surface area contributed by atoms with E-state index in [1.54, 1.807) is 109 Å². The molecule has 31 atom stereocenters. The standard InChI is InChI=1S/C52H81NO14P.C51H79NO13.C6H10N2O4.C2H6OP/c1-31-17-13-12-14-18-32(2)43(62-8)29-39-22-20-37(7)52(60,66-39)49(57)50(58)53-24-16-15-19-40(53)51(59)65-44(34(4)27-38-21-23-42(67-68(11)61)45(28-38)63-9)30-41(54)33(3)26-36(6)47(56)48(64-10)46(55)35(5)25-31;1-30-16-12-11-13-17-31(2)42(61-8)28-38-21-19-36(7)51(60,65-38)48(57)49(58)52-23-15-14-18-39(52)50(59)64-43(33(4)26-37-20-22-40(53)44(27-37)62-9)29-41(54)32(3)25-35(6)46(56)47(63-10)45(55)34(5)24-30;1-3-11-5(9)7-8-6(10)12-4-2;1-4(2)3/h12-14,17-18,26,31,33-35,37-40,42-45,47-48,56,60H,15-16,19-25,27-30H2,1-11H3;11-13,16-17,25,30,32-34,36-40,42-44,46-47,53,56,60H,14-15,18-24,26-29H2,1-10H3;3-4H2,1-2H3;1-2H3/q+1;;;+1/b14-12?,17-13+,32-18?,36-26+;13-11?,16-12+,31-17?,35-25+;;/t31-,33-,34-,35-,37-,38+,39+,40+,42+,43+,44+,45-,47-,48+,52-;30-,32-,33-,34-,36-,37+,38+,39+,40-,42+,43+,44-,46-,47+,51-;;/m11../s1. The molecular formula is C111H176N4O32P2+2. The number of aliphatic hydroxyl groups excluding tert-OH is 3. The Hall–Kier alpha value is -8.00. The summed E-state index contributed by atoms with van der Waals surface area (Å²) in [6.45, 7) is 34.0. The van der Waals surface area contributed by atoms with Crippen molar-refractivity contribution in [3.63, 3.8) is 0 Å². The molecule has 0 aromatic carbocycles. The molecule has 2 aliphatic carbocycles. The van der Waals surface area contributed by atoms with Crippen molar-refractivity contribution in [1.82, 2.24) is 9.80 Å². The molecule has 1 unspecified atom stereocenters. The lowest BCUT2D eigenvalue weighted by Crippen LogP contribution is -2.61. The van der Waals surface area contributed by atoms with Crippen LogP contribution in [0.3, 0.4) is 0 Å². The summed E-state index contributed by atoms with van der Waals surface area (Å²) in [5.74, 6) is -16.1. The Morgan fingerprint density at radius 3 is 1.19 bits per heavy atom. The topological polar surface area (TPSA) is 491 Å². The zero-order chi connectivity index (χ0) is 112. The summed E-state index contributed by atoms with van der Waals surface area (Å²) in [5.41, 5.74) is 2.52. The summed E-state index contributed by atoms with van der Waals surface area (Å²) in [7, 11) is 6.35. The van der Waals surface area contributed by atoms with Crippen molar-refractivity contribution < 1.29 is 154 Å². The Bertz CT molecular complexity index is 4660. The Morgan fingerprint density at radius 1 is 0.463 bits per heavy atom. The van der Waals surface area contributed by atoms with Gasteiger partial charge in [0.25, 0.3) is 23.4 Å². The van der Waals surface area contributed by atoms with Crippen LogP contribution in [0, 0.1) is 71.0 Å². The molecule has 4 bridgehead atoms. The van der Waals surface area contributed by atoms with Gasteiger partial charge in [0.15, 0.2) is 18.2 Å². The molecule has 4 saturated heterocycles. The van der Waals surface area contributed by atoms with E-state index in [0.717, 1.165) is 24.0 Å². The number of fused-ring (bicyclic) bond motifs is 6. The predicted octanol–water partition coefficient (Wildman–Crippen LogP) is 16.6. The largest absolute Gasteiger partial charge is 0.505 e. The fourth-order valence-corrected chi connectivity index (χ4v) is 21.5. The van der Waals surface area contributed by atoms with E-state index in [1.165, 1.54) is 30.7 Å². The Labute approximate surface area is 884 Å². The van der Waals surface area contributed by atoms with Gasteiger partial charge < -0.3 is 92.2 Å². The Morgan fingerprint density at radius 2 is 0.839 bits per heavy atom. The number of nitrogens with zero attached hydrogens (tertiary/aromatic N) is 4. The number of ether oxygens (including phenoxy) is 12. The first-order chi connectivity index (χ1) is 70.3. The van der Waals surface area contributed by atoms with Crippen LogP contribution in [0.1, 0.15) is 265 Å². The van der Waals surface area contributed by atoms with E-state index < -0.39 is 190 Å². The molecule has 4 amide bonds. The van der Waals surface area contributed by atoms with Gasteiger partial charge in [-0.15, -0.1) is 4.52 Å². The monoisotopic (exact) mass is 2140 g/mol. The van der Waals surface area contributed by atoms with Crippen LogP contribution in [0.5, 0.6) is 0 Å². The van der Waals surface area contributed by atoms with Crippen LogP contribution in [0.15, 0.2) is 105 Å². The van der Waals surface area contributed by atoms with Crippen molar-refractivity contribution in [1.29, 1.82) is 0 Å². The number of carbonyl (C=O) groups excluding carboxylic acids is 12. The number of hydrogen-bond acceptors (Lipinski definition) is 32. The SMILES string of the molecule is CCOC(=O)N=NC(=O)OCC.CO[C@H]1C[C@@H]2CC[C@@H](C)[C@@](O)(O2)C(=O)C(=O)N2CCCC[C@H]2C(=O)O[C@H]([C@H](C)C[C@@H]2CC[C@@H](O)[C@H](OC)C2)CC(=O)[C@H](C)/C=C(\C)[C@@H](O)[C@@H](OC)C(=O)[C@H](C)C[C@H](C)/C=C/C=CC=C1C.CO[C@H]1C[C@@H]2CC[C@@H](C)[C@@](O)(O2)C(=O)C(=O)N2CCCC[C@H]2C(=O)O[C@H]([C@H](C)C[C@@H]2CC[C@H](O[P+](C)=O)[C@H](OC)C2)CC(=O)[C@H](C)/C=C(\C)[C@@H](O)[C@@H](OC)C(=O)[C@H](C)C[C@H](C)/C=C/C=CC=C1C.C[P+](C)=O. The third-order valence-electron chi connectivity index (χ3n) is 30.0. The van der Waals surface area contributed by atoms with Crippen LogP contribution < -0.4 is 0 Å². The fourth-order valence-electron chi connectivity index (χ4n) is 20.9. The van der Waals surface area contributed by atoms with Gasteiger partial charge in [-0.05, 0) is 232 Å². The quantitative estimate of drug-likeness (QED) is 0.0239. The molecule has 6 fully saturated rings. The second-order valence-electron chi connectivity index (χ2n) is 42.1. The summed E-state index contributed by atoms with van der Waals surface area (Å²) in [5, 5.41) is 63.1. The number of esters is 2. The summed E-state index contributed by atoms with van der Waals surface area (Å²) in [6.07, 6.45) is 20.8. The molecule has 149 heavy (non-hydrogen) atoms. The van der Waals surface area contributed by atoms with Gasteiger partial charge in [0, 0.05) is 117 Å². The number of carbonyl (C=O) groups is 12. The van der Waals surface area contributed by atoms with Crippen molar-refractivity contribution in [2.45, 2.75) is 374 Å². The van der Waals surface area contributed by atoms with Crippen LogP contribution in [0.4, 0.5) is 9.59 Å². The van der Waals surface area contributed by atoms with Crippen LogP contribution in [0.25, 0.3) is 0 Å². The highest BCUT2D eigenvalue weighted by Crippen LogP contribution is 2.43. The number of rotatable bonds is 16. The van der Waals surface area contributed by atoms with Crippen molar-refractivity contribution in [2.75, 3.05) is 89.0 Å². The van der Waals surface area contributed by atoms with Gasteiger partial charge in [0.1, 0.15) is 79.7 Å². The lowest BCUT2D eigenvalue weighted by Gasteiger charge is -2.42. The van der Waals surface area contributed by atoms with E-state index in [9.17, 15) is 92.2 Å². The summed E-state index contributed by atoms with van der Waals surface area (Å²) >= 11 is 0. The first kappa shape index (κ1) is 131. The maximum atomic E-state index is 14.5. The molecule has 2 saturated carbocycles. The van der Waals surface area contributed by atoms with Crippen LogP contribution in [-0.2, 0) is 118 Å². The number of Topliss-reactive ketones (excluding diaryl/α,β-unsaturated/α-hetero) is 6. The number of hydrogen-bond donors (Lipinski definition) is 5. The van der Waals surface area contributed by atoms with Gasteiger partial charge in [-0.2, -0.15) is 0 Å². The molecule has 0 radical (unpaired) electrons. The van der Waals surface area contributed by atoms with E-state index in [1.807, 2.05) is 116 Å². The minimum Gasteiger partial charge on any atom is -0.460 e. The maximum Gasteiger partial charge on any atom is 0.505 e. The molecule has 8 aliphatic rings. The molecule has 6 heterocycles. The van der Waals surface area contributed by atoms with Crippen LogP contribution >= 0.6 is 15.8 Å². The molecule has 38 heteroatoms. The number of cyclic esters (lactones) is 2. The highest BCUT2D eigenvalue weighted by Gasteiger charge is 2.56. The zero-order valence-electron chi connectivity index (χ0n) is 92.8. The first-order valence-corrected chi connectivity index (χ1v) is 56.9. The fraction of sp³-hybridized carbons (Fsp3) is 0.748. The van der Waals surface area contributed by atoms with Gasteiger partial charge in [-0.3, -0.25) is 38.4 Å². The highest BCUT2D eigenvalue weighted by molar-refractivity contribution is 7.42. The van der Waals surface area contributed by atoms with Crippen molar-refractivity contribution >= 4 is 86.5 Å². The molecule has 0 aromatic rings. The summed E-state index contributed by atoms with van der Waals surface area (Å²) < 4.78 is 95.0. The molecule has 0 spiro atoms. The molecule has 6 aliphatic heterocycles. The average Bonchev–Trinajstić information content (AvgIpc) is 0.775. The van der Waals surface area contributed by atoms with Gasteiger partial charge in [-0.1, -0.05) is 157 Å². The number of ketones is 6. The Kier molecular flexibility index (Phi) is 57.9. The van der Waals surface area contributed by atoms with E-state index >= 15 is 0 Å². The second kappa shape index (κ2) is 65.6. The van der Waals surface area contributed by atoms with Gasteiger partial charge in [0.05, 0.1) is 55.9 Å². The van der Waals surface area contributed by atoms with Gasteiger partial charge in [-0.25, -0.2) is 19.2 Å². The van der Waals surface area contributed by atoms with Crippen LogP contribution in [-0.4, -0.2) is 304 Å². The summed E-state index contributed by atoms with van der Waals surface area (Å²) in [4.78, 5) is 165. The molecule has 36 nitrogen and oxygen atoms in total. The normalized spacial score (nSPS) is 35.4. The highest BCUT2D eigenvalue weighted by atomic mass is 31.1. The van der Waals surface area contributed by atoms with E-state index in [0.29, 0.717) is 127 Å². The lowest BCUT2D eigenvalue weighted by molar-refractivity contribution is -0.265. The number of methoxy groups -OCH3 is 6. The predicted molar refractivity (Wildman–Crippen MR) is 561 cm³/mol. The summed E-state index contributed by atoms with van der Waals surface area (Å²) in [6, 6.07) is -2.29. The second-order valence-corrected chi connectivity index (χ2v) is 44.8. The number of azo groups is 1. The number of allylic oxidation sites excluding steroid dienone is 12. The molecule has 0 aromatic heterocycles. The van der Waals surface area contributed by atoms with E-state index in [2.05, 4.69) is 19.7 Å². The Balaban J connectivity index is 0.000000456. The smallest absolute Gasteiger partial charge is 0.460 e. The molecule has 840 valence electrons. The average molecular weight is 2140 g/mol. The van der Waals surface area contributed by atoms with E-state index in [4.69, 9.17) is 51.9 Å². The first-order valence-electron chi connectivity index (χ1n) is 53.2. The van der Waals surface area contributed by atoms with Crippen LogP contribution in [0.2, 0.25) is 0 Å². The lowest BCUT2D eigenvalue weighted by atomic mass is 9.78. The number of amides is 4. The maximum absolute atomic E-state index is 14.5. The van der Waals surface area contributed by atoms with Crippen molar-refractivity contribution in [3.05, 3.63) is 95.2 Å². The third-order valence-corrected chi connectivity index (χ3v) is 30.5. The van der Waals surface area contributed by atoms with Gasteiger partial charge in [0.2, 0.25) is 11.6 Å². The third kappa shape index (κ3) is 41.0. The van der Waals surface area contributed by atoms with E-state index in [-0.39, 0.29) is 129 Å². The minimum atomic E-state index is -2.44. The number of piperidine rings is 2. The zero-order valence-corrected chi connectivity index (χ0v) is 94.6. The minimum absolute atomic E-state index is 0.0125. The van der Waals surface area contributed by atoms with Crippen molar-refractivity contribution in [2.24, 2.45) is 81.2 Å². The molecule has 5 N–H and O–H groups in total.